The molecule has 2 aromatic heterocycles. The average Bonchev–Trinajstić information content (AvgIpc) is 2.78. The van der Waals surface area contributed by atoms with Gasteiger partial charge in [-0.2, -0.15) is 0 Å². The van der Waals surface area contributed by atoms with E-state index in [1.165, 1.54) is 18.6 Å². The van der Waals surface area contributed by atoms with Crippen molar-refractivity contribution in [1.82, 2.24) is 19.7 Å². The molecular weight excluding hydrogens is 230 g/mol. The molecule has 0 fully saturated rings. The highest BCUT2D eigenvalue weighted by Crippen LogP contribution is 2.12. The largest absolute Gasteiger partial charge is 0.476 e. The summed E-state index contributed by atoms with van der Waals surface area (Å²) in [5, 5.41) is 22.9. The molecule has 0 unspecified atom stereocenters. The highest BCUT2D eigenvalue weighted by molar-refractivity contribution is 5.88. The van der Waals surface area contributed by atoms with E-state index in [1.807, 2.05) is 0 Å². The van der Waals surface area contributed by atoms with Crippen molar-refractivity contribution in [2.45, 2.75) is 0 Å². The van der Waals surface area contributed by atoms with Crippen LogP contribution in [0.5, 0.6) is 0 Å². The number of aromatic carboxylic acids is 1. The second kappa shape index (κ2) is 3.96. The van der Waals surface area contributed by atoms with E-state index in [0.717, 1.165) is 10.7 Å². The first-order valence-corrected chi connectivity index (χ1v) is 4.34. The van der Waals surface area contributed by atoms with Crippen molar-refractivity contribution >= 4 is 11.8 Å². The first-order valence-electron chi connectivity index (χ1n) is 4.34. The summed E-state index contributed by atoms with van der Waals surface area (Å²) in [6.07, 6.45) is 3.73. The van der Waals surface area contributed by atoms with Gasteiger partial charge in [0.2, 0.25) is 5.82 Å². The number of carboxylic acid groups (broad SMARTS) is 1. The second-order valence-electron chi connectivity index (χ2n) is 2.91. The van der Waals surface area contributed by atoms with Crippen LogP contribution in [0, 0.1) is 10.1 Å². The first kappa shape index (κ1) is 10.7. The number of hydrogen-bond donors (Lipinski definition) is 1. The lowest BCUT2D eigenvalue weighted by molar-refractivity contribution is -0.389. The Morgan fingerprint density at radius 3 is 2.71 bits per heavy atom. The van der Waals surface area contributed by atoms with E-state index in [2.05, 4.69) is 15.1 Å². The molecule has 0 bridgehead atoms. The molecular formula is C8H5N5O4. The quantitative estimate of drug-likeness (QED) is 0.597. The summed E-state index contributed by atoms with van der Waals surface area (Å²) >= 11 is 0. The van der Waals surface area contributed by atoms with Crippen LogP contribution < -0.4 is 0 Å². The Bertz CT molecular complexity index is 593. The summed E-state index contributed by atoms with van der Waals surface area (Å²) in [5.41, 5.74) is -0.328. The van der Waals surface area contributed by atoms with Crippen LogP contribution in [0.3, 0.4) is 0 Å². The summed E-state index contributed by atoms with van der Waals surface area (Å²) < 4.78 is 0.995. The van der Waals surface area contributed by atoms with Gasteiger partial charge < -0.3 is 15.2 Å². The van der Waals surface area contributed by atoms with Gasteiger partial charge in [0.25, 0.3) is 0 Å². The Hall–Kier alpha value is -2.84. The molecule has 0 atom stereocenters. The Morgan fingerprint density at radius 1 is 1.41 bits per heavy atom. The van der Waals surface area contributed by atoms with Crippen molar-refractivity contribution in [3.63, 3.8) is 0 Å². The minimum atomic E-state index is -1.29. The van der Waals surface area contributed by atoms with E-state index in [1.54, 1.807) is 0 Å². The van der Waals surface area contributed by atoms with Gasteiger partial charge in [-0.1, -0.05) is 0 Å². The highest BCUT2D eigenvalue weighted by Gasteiger charge is 2.19. The fraction of sp³-hybridized carbons (Fsp3) is 0. The maximum Gasteiger partial charge on any atom is 0.390 e. The van der Waals surface area contributed by atoms with E-state index in [0.29, 0.717) is 0 Å². The normalized spacial score (nSPS) is 10.1. The van der Waals surface area contributed by atoms with Gasteiger partial charge in [0.15, 0.2) is 5.69 Å². The summed E-state index contributed by atoms with van der Waals surface area (Å²) in [4.78, 5) is 28.0. The zero-order valence-electron chi connectivity index (χ0n) is 8.22. The molecule has 9 nitrogen and oxygen atoms in total. The van der Waals surface area contributed by atoms with Crippen molar-refractivity contribution in [2.24, 2.45) is 0 Å². The van der Waals surface area contributed by atoms with Crippen LogP contribution in [-0.2, 0) is 0 Å². The zero-order valence-corrected chi connectivity index (χ0v) is 8.22. The van der Waals surface area contributed by atoms with E-state index in [4.69, 9.17) is 5.11 Å². The van der Waals surface area contributed by atoms with E-state index < -0.39 is 16.7 Å². The molecule has 0 aliphatic rings. The van der Waals surface area contributed by atoms with Crippen molar-refractivity contribution in [3.05, 3.63) is 40.5 Å². The molecule has 0 spiro atoms. The lowest BCUT2D eigenvalue weighted by atomic mass is 10.4. The maximum absolute atomic E-state index is 10.9. The molecule has 0 aliphatic carbocycles. The molecule has 0 saturated heterocycles. The van der Waals surface area contributed by atoms with Crippen LogP contribution in [0.15, 0.2) is 24.7 Å². The lowest BCUT2D eigenvalue weighted by Crippen LogP contribution is -2.10. The third kappa shape index (κ3) is 1.93. The van der Waals surface area contributed by atoms with Crippen molar-refractivity contribution < 1.29 is 14.8 Å². The van der Waals surface area contributed by atoms with Gasteiger partial charge in [-0.3, -0.25) is 0 Å². The summed E-state index contributed by atoms with van der Waals surface area (Å²) in [6.45, 7) is 0. The fourth-order valence-corrected chi connectivity index (χ4v) is 1.18. The van der Waals surface area contributed by atoms with Crippen molar-refractivity contribution in [3.8, 4) is 5.82 Å². The molecule has 86 valence electrons. The number of carboxylic acids is 1. The van der Waals surface area contributed by atoms with E-state index in [-0.39, 0.29) is 11.5 Å². The molecule has 0 radical (unpaired) electrons. The third-order valence-electron chi connectivity index (χ3n) is 1.86. The SMILES string of the molecule is O=C(O)c1nccnc1-n1ccc([N+](=O)[O-])n1. The van der Waals surface area contributed by atoms with Gasteiger partial charge in [0.1, 0.15) is 0 Å². The van der Waals surface area contributed by atoms with Gasteiger partial charge in [-0.25, -0.2) is 14.8 Å². The van der Waals surface area contributed by atoms with Crippen LogP contribution >= 0.6 is 0 Å². The molecule has 0 aromatic carbocycles. The first-order chi connectivity index (χ1) is 8.09. The predicted molar refractivity (Wildman–Crippen MR) is 52.8 cm³/mol. The van der Waals surface area contributed by atoms with Crippen LogP contribution in [-0.4, -0.2) is 35.7 Å². The third-order valence-corrected chi connectivity index (χ3v) is 1.86. The van der Waals surface area contributed by atoms with E-state index in [9.17, 15) is 14.9 Å². The number of nitrogens with zero attached hydrogens (tertiary/aromatic N) is 5. The molecule has 2 heterocycles. The van der Waals surface area contributed by atoms with Gasteiger partial charge in [0.05, 0.1) is 17.4 Å². The molecule has 17 heavy (non-hydrogen) atoms. The van der Waals surface area contributed by atoms with Gasteiger partial charge >= 0.3 is 11.8 Å². The van der Waals surface area contributed by atoms with Gasteiger partial charge in [-0.05, 0) is 4.92 Å². The Morgan fingerprint density at radius 2 is 2.12 bits per heavy atom. The molecule has 2 aromatic rings. The Labute approximate surface area is 93.5 Å². The zero-order chi connectivity index (χ0) is 12.4. The van der Waals surface area contributed by atoms with Gasteiger partial charge in [0, 0.05) is 12.4 Å². The molecule has 1 N–H and O–H groups in total. The van der Waals surface area contributed by atoms with Crippen LogP contribution in [0.4, 0.5) is 5.82 Å². The van der Waals surface area contributed by atoms with Crippen molar-refractivity contribution in [1.29, 1.82) is 0 Å². The molecule has 0 aliphatic heterocycles. The van der Waals surface area contributed by atoms with E-state index >= 15 is 0 Å². The number of rotatable bonds is 3. The number of hydrogen-bond acceptors (Lipinski definition) is 6. The van der Waals surface area contributed by atoms with Gasteiger partial charge in [-0.15, -0.1) is 4.68 Å². The summed E-state index contributed by atoms with van der Waals surface area (Å²) in [5.74, 6) is -1.76. The minimum Gasteiger partial charge on any atom is -0.476 e. The van der Waals surface area contributed by atoms with Crippen LogP contribution in [0.25, 0.3) is 5.82 Å². The number of carbonyl (C=O) groups is 1. The fourth-order valence-electron chi connectivity index (χ4n) is 1.18. The summed E-state index contributed by atoms with van der Waals surface area (Å²) in [7, 11) is 0. The van der Waals surface area contributed by atoms with Crippen molar-refractivity contribution in [2.75, 3.05) is 0 Å². The number of aromatic nitrogens is 4. The minimum absolute atomic E-state index is 0.0758. The average molecular weight is 235 g/mol. The molecule has 0 saturated carbocycles. The molecule has 2 rings (SSSR count). The summed E-state index contributed by atoms with van der Waals surface area (Å²) in [6, 6.07) is 1.14. The maximum atomic E-state index is 10.9. The Kier molecular flexibility index (Phi) is 2.49. The topological polar surface area (TPSA) is 124 Å². The smallest absolute Gasteiger partial charge is 0.390 e. The standard InChI is InChI=1S/C8H5N5O4/c14-8(15)6-7(10-3-2-9-6)12-4-1-5(11-12)13(16)17/h1-4H,(H,14,15). The molecule has 9 heteroatoms. The highest BCUT2D eigenvalue weighted by atomic mass is 16.6. The van der Waals surface area contributed by atoms with Crippen LogP contribution in [0.1, 0.15) is 10.5 Å². The monoisotopic (exact) mass is 235 g/mol. The Balaban J connectivity index is 2.52. The second-order valence-corrected chi connectivity index (χ2v) is 2.91. The lowest BCUT2D eigenvalue weighted by Gasteiger charge is -1.98. The number of nitro groups is 1. The predicted octanol–water partition coefficient (Wildman–Crippen LogP) is 0.269. The molecule has 0 amide bonds. The van der Waals surface area contributed by atoms with Crippen LogP contribution in [0.2, 0.25) is 0 Å².